The largest absolute Gasteiger partial charge is 0.337 e. The maximum Gasteiger partial charge on any atom is 0.246 e. The summed E-state index contributed by atoms with van der Waals surface area (Å²) in [5.41, 5.74) is 3.52. The van der Waals surface area contributed by atoms with Crippen LogP contribution in [0.5, 0.6) is 0 Å². The summed E-state index contributed by atoms with van der Waals surface area (Å²) >= 11 is 1.69. The predicted molar refractivity (Wildman–Crippen MR) is 104 cm³/mol. The molecule has 132 valence electrons. The summed E-state index contributed by atoms with van der Waals surface area (Å²) in [4.78, 5) is 21.2. The molecule has 4 nitrogen and oxygen atoms in total. The Kier molecular flexibility index (Phi) is 6.00. The number of aromatic nitrogens is 1. The van der Waals surface area contributed by atoms with E-state index in [2.05, 4.69) is 46.5 Å². The van der Waals surface area contributed by atoms with Crippen molar-refractivity contribution in [1.82, 2.24) is 14.8 Å². The van der Waals surface area contributed by atoms with E-state index < -0.39 is 0 Å². The van der Waals surface area contributed by atoms with E-state index in [9.17, 15) is 4.79 Å². The van der Waals surface area contributed by atoms with Gasteiger partial charge in [0.05, 0.1) is 10.7 Å². The summed E-state index contributed by atoms with van der Waals surface area (Å²) in [6.45, 7) is 8.42. The second kappa shape index (κ2) is 8.41. The van der Waals surface area contributed by atoms with E-state index in [1.54, 1.807) is 17.4 Å². The Morgan fingerprint density at radius 3 is 2.52 bits per heavy atom. The van der Waals surface area contributed by atoms with E-state index in [4.69, 9.17) is 0 Å². The number of rotatable bonds is 5. The van der Waals surface area contributed by atoms with Gasteiger partial charge in [-0.05, 0) is 30.5 Å². The first-order chi connectivity index (χ1) is 12.1. The molecule has 1 aliphatic heterocycles. The van der Waals surface area contributed by atoms with Gasteiger partial charge in [0.2, 0.25) is 5.91 Å². The predicted octanol–water partition coefficient (Wildman–Crippen LogP) is 3.37. The molecule has 0 spiro atoms. The molecule has 0 atom stereocenters. The van der Waals surface area contributed by atoms with E-state index in [0.717, 1.165) is 55.4 Å². The van der Waals surface area contributed by atoms with Crippen molar-refractivity contribution in [3.05, 3.63) is 57.6 Å². The lowest BCUT2D eigenvalue weighted by Gasteiger charge is -2.33. The smallest absolute Gasteiger partial charge is 0.246 e. The van der Waals surface area contributed by atoms with Crippen LogP contribution in [0, 0.1) is 6.92 Å². The van der Waals surface area contributed by atoms with Gasteiger partial charge in [-0.3, -0.25) is 9.69 Å². The molecule has 0 aliphatic carbocycles. The SMILES string of the molecule is CCc1ccc(/C=C/C(=O)N2CCN(Cc3csc(C)n3)CC2)cc1. The zero-order valence-electron chi connectivity index (χ0n) is 14.9. The Bertz CT molecular complexity index is 728. The minimum atomic E-state index is 0.101. The lowest BCUT2D eigenvalue weighted by molar-refractivity contribution is -0.127. The molecule has 1 fully saturated rings. The van der Waals surface area contributed by atoms with E-state index in [1.165, 1.54) is 5.56 Å². The van der Waals surface area contributed by atoms with Crippen LogP contribution in [-0.4, -0.2) is 46.9 Å². The van der Waals surface area contributed by atoms with Crippen molar-refractivity contribution in [3.8, 4) is 0 Å². The number of thiazole rings is 1. The molecule has 25 heavy (non-hydrogen) atoms. The average molecular weight is 356 g/mol. The van der Waals surface area contributed by atoms with E-state index in [1.807, 2.05) is 17.9 Å². The number of benzene rings is 1. The van der Waals surface area contributed by atoms with Gasteiger partial charge in [0.15, 0.2) is 0 Å². The Labute approximate surface area is 153 Å². The van der Waals surface area contributed by atoms with Crippen LogP contribution < -0.4 is 0 Å². The fourth-order valence-corrected chi connectivity index (χ4v) is 3.58. The lowest BCUT2D eigenvalue weighted by atomic mass is 10.1. The van der Waals surface area contributed by atoms with E-state index >= 15 is 0 Å². The van der Waals surface area contributed by atoms with E-state index in [-0.39, 0.29) is 5.91 Å². The van der Waals surface area contributed by atoms with Gasteiger partial charge >= 0.3 is 0 Å². The molecule has 0 saturated carbocycles. The molecule has 3 rings (SSSR count). The van der Waals surface area contributed by atoms with Gasteiger partial charge in [-0.2, -0.15) is 0 Å². The molecule has 0 N–H and O–H groups in total. The maximum atomic E-state index is 12.4. The summed E-state index contributed by atoms with van der Waals surface area (Å²) in [5, 5.41) is 3.24. The van der Waals surface area contributed by atoms with Crippen LogP contribution in [0.15, 0.2) is 35.7 Å². The molecule has 1 saturated heterocycles. The van der Waals surface area contributed by atoms with Crippen LogP contribution in [0.25, 0.3) is 6.08 Å². The van der Waals surface area contributed by atoms with Crippen LogP contribution in [0.3, 0.4) is 0 Å². The topological polar surface area (TPSA) is 36.4 Å². The van der Waals surface area contributed by atoms with Crippen LogP contribution in [0.1, 0.15) is 28.8 Å². The number of hydrogen-bond acceptors (Lipinski definition) is 4. The van der Waals surface area contributed by atoms with Crippen molar-refractivity contribution >= 4 is 23.3 Å². The molecule has 1 aliphatic rings. The standard InChI is InChI=1S/C20H25N3OS/c1-3-17-4-6-18(7-5-17)8-9-20(24)23-12-10-22(11-13-23)14-19-15-25-16(2)21-19/h4-9,15H,3,10-14H2,1-2H3/b9-8+. The zero-order valence-corrected chi connectivity index (χ0v) is 15.8. The highest BCUT2D eigenvalue weighted by Crippen LogP contribution is 2.13. The summed E-state index contributed by atoms with van der Waals surface area (Å²) in [7, 11) is 0. The highest BCUT2D eigenvalue weighted by Gasteiger charge is 2.20. The number of piperazine rings is 1. The number of aryl methyl sites for hydroxylation is 2. The summed E-state index contributed by atoms with van der Waals surface area (Å²) in [6.07, 6.45) is 4.64. The minimum Gasteiger partial charge on any atom is -0.337 e. The van der Waals surface area contributed by atoms with Gasteiger partial charge in [0.1, 0.15) is 0 Å². The first kappa shape index (κ1) is 17.8. The molecule has 2 aromatic rings. The van der Waals surface area contributed by atoms with Crippen molar-refractivity contribution in [3.63, 3.8) is 0 Å². The fraction of sp³-hybridized carbons (Fsp3) is 0.400. The molecule has 1 aromatic heterocycles. The molecule has 2 heterocycles. The van der Waals surface area contributed by atoms with Crippen molar-refractivity contribution in [1.29, 1.82) is 0 Å². The van der Waals surface area contributed by atoms with Crippen molar-refractivity contribution in [2.75, 3.05) is 26.2 Å². The number of carbonyl (C=O) groups excluding carboxylic acids is 1. The van der Waals surface area contributed by atoms with Gasteiger partial charge < -0.3 is 4.90 Å². The lowest BCUT2D eigenvalue weighted by Crippen LogP contribution is -2.47. The highest BCUT2D eigenvalue weighted by atomic mass is 32.1. The minimum absolute atomic E-state index is 0.101. The third kappa shape index (κ3) is 5.00. The molecular formula is C20H25N3OS. The second-order valence-electron chi connectivity index (χ2n) is 6.39. The quantitative estimate of drug-likeness (QED) is 0.772. The monoisotopic (exact) mass is 355 g/mol. The Morgan fingerprint density at radius 2 is 1.92 bits per heavy atom. The van der Waals surface area contributed by atoms with Crippen molar-refractivity contribution in [2.45, 2.75) is 26.8 Å². The molecule has 0 bridgehead atoms. The molecule has 0 radical (unpaired) electrons. The molecular weight excluding hydrogens is 330 g/mol. The van der Waals surface area contributed by atoms with Gasteiger partial charge in [0, 0.05) is 44.2 Å². The van der Waals surface area contributed by atoms with Gasteiger partial charge in [-0.15, -0.1) is 11.3 Å². The summed E-state index contributed by atoms with van der Waals surface area (Å²) < 4.78 is 0. The van der Waals surface area contributed by atoms with Gasteiger partial charge in [-0.25, -0.2) is 4.98 Å². The molecule has 5 heteroatoms. The Morgan fingerprint density at radius 1 is 1.20 bits per heavy atom. The average Bonchev–Trinajstić information content (AvgIpc) is 3.05. The number of carbonyl (C=O) groups is 1. The highest BCUT2D eigenvalue weighted by molar-refractivity contribution is 7.09. The van der Waals surface area contributed by atoms with Gasteiger partial charge in [0.25, 0.3) is 0 Å². The third-order valence-corrected chi connectivity index (χ3v) is 5.36. The normalized spacial score (nSPS) is 15.8. The number of hydrogen-bond donors (Lipinski definition) is 0. The molecule has 1 aromatic carbocycles. The maximum absolute atomic E-state index is 12.4. The van der Waals surface area contributed by atoms with Crippen molar-refractivity contribution < 1.29 is 4.79 Å². The third-order valence-electron chi connectivity index (χ3n) is 4.54. The van der Waals surface area contributed by atoms with Gasteiger partial charge in [-0.1, -0.05) is 31.2 Å². The number of amides is 1. The van der Waals surface area contributed by atoms with Crippen LogP contribution >= 0.6 is 11.3 Å². The second-order valence-corrected chi connectivity index (χ2v) is 7.45. The summed E-state index contributed by atoms with van der Waals surface area (Å²) in [6, 6.07) is 8.36. The Balaban J connectivity index is 1.48. The molecule has 0 unspecified atom stereocenters. The first-order valence-electron chi connectivity index (χ1n) is 8.83. The molecule has 1 amide bonds. The first-order valence-corrected chi connectivity index (χ1v) is 9.71. The number of nitrogens with zero attached hydrogens (tertiary/aromatic N) is 3. The van der Waals surface area contributed by atoms with Crippen LogP contribution in [-0.2, 0) is 17.8 Å². The van der Waals surface area contributed by atoms with Crippen molar-refractivity contribution in [2.24, 2.45) is 0 Å². The zero-order chi connectivity index (χ0) is 17.6. The summed E-state index contributed by atoms with van der Waals surface area (Å²) in [5.74, 6) is 0.101. The van der Waals surface area contributed by atoms with Crippen LogP contribution in [0.2, 0.25) is 0 Å². The van der Waals surface area contributed by atoms with E-state index in [0.29, 0.717) is 0 Å². The fourth-order valence-electron chi connectivity index (χ4n) is 2.97. The van der Waals surface area contributed by atoms with Crippen LogP contribution in [0.4, 0.5) is 0 Å². The Hall–Kier alpha value is -1.98.